The van der Waals surface area contributed by atoms with Crippen LogP contribution in [-0.4, -0.2) is 24.5 Å². The maximum atomic E-state index is 4.43. The SMILES string of the molecule is c1ccc(Cn2cc(-c3cnn(-c4ccccn4)c3)cn2)cc1. The summed E-state index contributed by atoms with van der Waals surface area (Å²) in [6.07, 6.45) is 9.45. The third kappa shape index (κ3) is 2.89. The molecule has 5 heteroatoms. The van der Waals surface area contributed by atoms with Gasteiger partial charge in [0.1, 0.15) is 0 Å². The van der Waals surface area contributed by atoms with E-state index < -0.39 is 0 Å². The first-order valence-corrected chi connectivity index (χ1v) is 7.41. The topological polar surface area (TPSA) is 48.5 Å². The number of rotatable bonds is 4. The van der Waals surface area contributed by atoms with E-state index in [9.17, 15) is 0 Å². The van der Waals surface area contributed by atoms with Crippen LogP contribution < -0.4 is 0 Å². The Labute approximate surface area is 133 Å². The van der Waals surface area contributed by atoms with Crippen LogP contribution in [0.15, 0.2) is 79.5 Å². The molecule has 4 aromatic rings. The molecule has 3 aromatic heterocycles. The Bertz CT molecular complexity index is 893. The lowest BCUT2D eigenvalue weighted by atomic mass is 10.2. The molecule has 112 valence electrons. The molecule has 0 fully saturated rings. The molecular weight excluding hydrogens is 286 g/mol. The second kappa shape index (κ2) is 5.88. The third-order valence-electron chi connectivity index (χ3n) is 3.62. The highest BCUT2D eigenvalue weighted by molar-refractivity contribution is 5.60. The van der Waals surface area contributed by atoms with Crippen LogP contribution in [0.2, 0.25) is 0 Å². The molecule has 0 saturated carbocycles. The minimum Gasteiger partial charge on any atom is -0.268 e. The number of aromatic nitrogens is 5. The van der Waals surface area contributed by atoms with Gasteiger partial charge in [0, 0.05) is 29.7 Å². The highest BCUT2D eigenvalue weighted by Crippen LogP contribution is 2.19. The van der Waals surface area contributed by atoms with Gasteiger partial charge >= 0.3 is 0 Å². The minimum atomic E-state index is 0.759. The van der Waals surface area contributed by atoms with Crippen molar-refractivity contribution in [2.75, 3.05) is 0 Å². The van der Waals surface area contributed by atoms with Crippen molar-refractivity contribution in [2.45, 2.75) is 6.54 Å². The van der Waals surface area contributed by atoms with Crippen LogP contribution in [0, 0.1) is 0 Å². The zero-order valence-electron chi connectivity index (χ0n) is 12.4. The highest BCUT2D eigenvalue weighted by Gasteiger charge is 2.06. The maximum absolute atomic E-state index is 4.43. The first-order chi connectivity index (χ1) is 11.4. The maximum Gasteiger partial charge on any atom is 0.153 e. The molecule has 1 aromatic carbocycles. The smallest absolute Gasteiger partial charge is 0.153 e. The van der Waals surface area contributed by atoms with E-state index >= 15 is 0 Å². The third-order valence-corrected chi connectivity index (χ3v) is 3.62. The van der Waals surface area contributed by atoms with Gasteiger partial charge in [-0.1, -0.05) is 36.4 Å². The van der Waals surface area contributed by atoms with Crippen molar-refractivity contribution in [1.29, 1.82) is 0 Å². The van der Waals surface area contributed by atoms with Gasteiger partial charge in [-0.05, 0) is 17.7 Å². The molecule has 3 heterocycles. The second-order valence-electron chi connectivity index (χ2n) is 5.27. The molecule has 0 N–H and O–H groups in total. The summed E-state index contributed by atoms with van der Waals surface area (Å²) in [5.41, 5.74) is 3.30. The summed E-state index contributed by atoms with van der Waals surface area (Å²) in [5, 5.41) is 8.81. The molecule has 0 aliphatic rings. The predicted molar refractivity (Wildman–Crippen MR) is 88.1 cm³/mol. The van der Waals surface area contributed by atoms with Gasteiger partial charge in [0.05, 0.1) is 18.9 Å². The van der Waals surface area contributed by atoms with Gasteiger partial charge < -0.3 is 0 Å². The molecule has 4 rings (SSSR count). The summed E-state index contributed by atoms with van der Waals surface area (Å²) in [7, 11) is 0. The number of nitrogens with zero attached hydrogens (tertiary/aromatic N) is 5. The Morgan fingerprint density at radius 2 is 1.57 bits per heavy atom. The van der Waals surface area contributed by atoms with E-state index in [-0.39, 0.29) is 0 Å². The van der Waals surface area contributed by atoms with Gasteiger partial charge in [-0.15, -0.1) is 0 Å². The molecule has 23 heavy (non-hydrogen) atoms. The molecule has 0 atom stereocenters. The summed E-state index contributed by atoms with van der Waals surface area (Å²) >= 11 is 0. The Kier molecular flexibility index (Phi) is 3.44. The van der Waals surface area contributed by atoms with Crippen molar-refractivity contribution in [1.82, 2.24) is 24.5 Å². The lowest BCUT2D eigenvalue weighted by molar-refractivity contribution is 0.687. The fraction of sp³-hybridized carbons (Fsp3) is 0.0556. The highest BCUT2D eigenvalue weighted by atomic mass is 15.3. The summed E-state index contributed by atoms with van der Waals surface area (Å²) in [6.45, 7) is 0.759. The monoisotopic (exact) mass is 301 g/mol. The number of benzene rings is 1. The van der Waals surface area contributed by atoms with Gasteiger partial charge in [0.2, 0.25) is 0 Å². The second-order valence-corrected chi connectivity index (χ2v) is 5.27. The average Bonchev–Trinajstić information content (AvgIpc) is 3.26. The minimum absolute atomic E-state index is 0.759. The van der Waals surface area contributed by atoms with Gasteiger partial charge in [0.15, 0.2) is 5.82 Å². The van der Waals surface area contributed by atoms with E-state index in [1.807, 2.05) is 65.9 Å². The molecule has 0 amide bonds. The zero-order chi connectivity index (χ0) is 15.5. The van der Waals surface area contributed by atoms with Crippen molar-refractivity contribution in [3.05, 3.63) is 85.1 Å². The van der Waals surface area contributed by atoms with Crippen LogP contribution in [0.1, 0.15) is 5.56 Å². The molecule has 0 radical (unpaired) electrons. The standard InChI is InChI=1S/C18H15N5/c1-2-6-15(7-3-1)12-22-13-16(10-20-22)17-11-21-23(14-17)18-8-4-5-9-19-18/h1-11,13-14H,12H2. The van der Waals surface area contributed by atoms with Crippen molar-refractivity contribution in [2.24, 2.45) is 0 Å². The normalized spacial score (nSPS) is 10.8. The molecular formula is C18H15N5. The quantitative estimate of drug-likeness (QED) is 0.581. The van der Waals surface area contributed by atoms with Crippen molar-refractivity contribution < 1.29 is 0 Å². The van der Waals surface area contributed by atoms with Gasteiger partial charge in [-0.3, -0.25) is 4.68 Å². The van der Waals surface area contributed by atoms with E-state index in [4.69, 9.17) is 0 Å². The van der Waals surface area contributed by atoms with Crippen molar-refractivity contribution >= 4 is 0 Å². The predicted octanol–water partition coefficient (Wildman–Crippen LogP) is 3.18. The molecule has 0 unspecified atom stereocenters. The van der Waals surface area contributed by atoms with Crippen LogP contribution >= 0.6 is 0 Å². The van der Waals surface area contributed by atoms with E-state index in [1.54, 1.807) is 10.9 Å². The number of hydrogen-bond donors (Lipinski definition) is 0. The van der Waals surface area contributed by atoms with Gasteiger partial charge in [-0.25, -0.2) is 9.67 Å². The fourth-order valence-electron chi connectivity index (χ4n) is 2.46. The van der Waals surface area contributed by atoms with Crippen LogP contribution in [0.4, 0.5) is 0 Å². The van der Waals surface area contributed by atoms with E-state index in [0.29, 0.717) is 0 Å². The first kappa shape index (κ1) is 13.5. The summed E-state index contributed by atoms with van der Waals surface area (Å²) < 4.78 is 3.70. The zero-order valence-corrected chi connectivity index (χ0v) is 12.4. The lowest BCUT2D eigenvalue weighted by Crippen LogP contribution is -1.99. The van der Waals surface area contributed by atoms with Crippen LogP contribution in [0.5, 0.6) is 0 Å². The van der Waals surface area contributed by atoms with Crippen LogP contribution in [-0.2, 0) is 6.54 Å². The van der Waals surface area contributed by atoms with E-state index in [0.717, 1.165) is 23.5 Å². The Hall–Kier alpha value is -3.21. The Balaban J connectivity index is 1.56. The molecule has 0 spiro atoms. The van der Waals surface area contributed by atoms with Gasteiger partial charge in [0.25, 0.3) is 0 Å². The summed E-state index contributed by atoms with van der Waals surface area (Å²) in [6, 6.07) is 16.1. The van der Waals surface area contributed by atoms with E-state index in [1.165, 1.54) is 5.56 Å². The molecule has 0 saturated heterocycles. The van der Waals surface area contributed by atoms with E-state index in [2.05, 4.69) is 27.3 Å². The summed E-state index contributed by atoms with van der Waals surface area (Å²) in [4.78, 5) is 4.30. The van der Waals surface area contributed by atoms with Gasteiger partial charge in [-0.2, -0.15) is 10.2 Å². The average molecular weight is 301 g/mol. The largest absolute Gasteiger partial charge is 0.268 e. The van der Waals surface area contributed by atoms with Crippen LogP contribution in [0.3, 0.4) is 0 Å². The Morgan fingerprint density at radius 3 is 2.39 bits per heavy atom. The Morgan fingerprint density at radius 1 is 0.783 bits per heavy atom. The fourth-order valence-corrected chi connectivity index (χ4v) is 2.46. The molecule has 0 bridgehead atoms. The molecule has 5 nitrogen and oxygen atoms in total. The molecule has 0 aliphatic heterocycles. The summed E-state index contributed by atoms with van der Waals surface area (Å²) in [5.74, 6) is 0.801. The van der Waals surface area contributed by atoms with Crippen molar-refractivity contribution in [3.8, 4) is 16.9 Å². The number of hydrogen-bond acceptors (Lipinski definition) is 3. The molecule has 0 aliphatic carbocycles. The number of pyridine rings is 1. The first-order valence-electron chi connectivity index (χ1n) is 7.41. The van der Waals surface area contributed by atoms with Crippen molar-refractivity contribution in [3.63, 3.8) is 0 Å². The lowest BCUT2D eigenvalue weighted by Gasteiger charge is -2.00. The van der Waals surface area contributed by atoms with Crippen LogP contribution in [0.25, 0.3) is 16.9 Å².